The van der Waals surface area contributed by atoms with Crippen molar-refractivity contribution in [3.05, 3.63) is 23.8 Å². The van der Waals surface area contributed by atoms with E-state index in [0.717, 1.165) is 18.4 Å². The highest BCUT2D eigenvalue weighted by Crippen LogP contribution is 2.30. The standard InChI is InChI=1S/C17H27N3O4.ClH/c1-4-5-8-24-14-7-6-13(9-15(14)23-3)12(2)20-17(22)11-19-16(21)10-18;/h6-7,9,12H,4-5,8,10-11,18H2,1-3H3,(H,19,21)(H,20,22);1H. The number of unbranched alkanes of at least 4 members (excludes halogenated alkanes) is 1. The molecule has 1 rings (SSSR count). The lowest BCUT2D eigenvalue weighted by Crippen LogP contribution is -2.40. The quantitative estimate of drug-likeness (QED) is 0.540. The van der Waals surface area contributed by atoms with Crippen LogP contribution in [0.1, 0.15) is 38.3 Å². The smallest absolute Gasteiger partial charge is 0.239 e. The van der Waals surface area contributed by atoms with Gasteiger partial charge in [0, 0.05) is 0 Å². The summed E-state index contributed by atoms with van der Waals surface area (Å²) in [5.74, 6) is 0.657. The minimum absolute atomic E-state index is 0. The Bertz CT molecular complexity index is 555. The molecule has 0 radical (unpaired) electrons. The zero-order valence-corrected chi connectivity index (χ0v) is 15.8. The summed E-state index contributed by atoms with van der Waals surface area (Å²) in [5, 5.41) is 5.24. The summed E-state index contributed by atoms with van der Waals surface area (Å²) >= 11 is 0. The van der Waals surface area contributed by atoms with Crippen molar-refractivity contribution >= 4 is 24.2 Å². The van der Waals surface area contributed by atoms with Crippen LogP contribution in [-0.2, 0) is 9.59 Å². The van der Waals surface area contributed by atoms with Crippen LogP contribution >= 0.6 is 12.4 Å². The van der Waals surface area contributed by atoms with Crippen LogP contribution in [0.5, 0.6) is 11.5 Å². The molecule has 7 nitrogen and oxygen atoms in total. The van der Waals surface area contributed by atoms with Crippen LogP contribution in [-0.4, -0.2) is 38.6 Å². The first-order valence-electron chi connectivity index (χ1n) is 8.08. The molecule has 0 spiro atoms. The van der Waals surface area contributed by atoms with Crippen molar-refractivity contribution in [1.29, 1.82) is 0 Å². The van der Waals surface area contributed by atoms with E-state index in [1.807, 2.05) is 25.1 Å². The Labute approximate surface area is 155 Å². The Kier molecular flexibility index (Phi) is 11.4. The highest BCUT2D eigenvalue weighted by atomic mass is 35.5. The molecule has 0 bridgehead atoms. The van der Waals surface area contributed by atoms with Crippen molar-refractivity contribution in [2.75, 3.05) is 26.8 Å². The molecule has 0 saturated heterocycles. The largest absolute Gasteiger partial charge is 0.493 e. The minimum Gasteiger partial charge on any atom is -0.493 e. The maximum Gasteiger partial charge on any atom is 0.239 e. The summed E-state index contributed by atoms with van der Waals surface area (Å²) < 4.78 is 11.0. The second-order valence-corrected chi connectivity index (χ2v) is 5.38. The Hall–Kier alpha value is -1.99. The van der Waals surface area contributed by atoms with Gasteiger partial charge in [0.1, 0.15) is 0 Å². The molecular weight excluding hydrogens is 346 g/mol. The molecule has 8 heteroatoms. The van der Waals surface area contributed by atoms with Gasteiger partial charge in [0.05, 0.1) is 32.8 Å². The van der Waals surface area contributed by atoms with Crippen LogP contribution < -0.4 is 25.8 Å². The SMILES string of the molecule is CCCCOc1ccc(C(C)NC(=O)CNC(=O)CN)cc1OC.Cl. The van der Waals surface area contributed by atoms with Crippen LogP contribution in [0.25, 0.3) is 0 Å². The van der Waals surface area contributed by atoms with Gasteiger partial charge < -0.3 is 25.8 Å². The van der Waals surface area contributed by atoms with Gasteiger partial charge in [0.15, 0.2) is 11.5 Å². The number of benzene rings is 1. The van der Waals surface area contributed by atoms with Crippen molar-refractivity contribution in [2.45, 2.75) is 32.7 Å². The first-order valence-corrected chi connectivity index (χ1v) is 8.08. The van der Waals surface area contributed by atoms with Crippen LogP contribution in [0.4, 0.5) is 0 Å². The van der Waals surface area contributed by atoms with Gasteiger partial charge >= 0.3 is 0 Å². The molecule has 0 fully saturated rings. The van der Waals surface area contributed by atoms with Gasteiger partial charge in [-0.05, 0) is 31.0 Å². The topological polar surface area (TPSA) is 103 Å². The van der Waals surface area contributed by atoms with Crippen LogP contribution in [0.15, 0.2) is 18.2 Å². The zero-order chi connectivity index (χ0) is 17.9. The number of amides is 2. The molecule has 25 heavy (non-hydrogen) atoms. The predicted octanol–water partition coefficient (Wildman–Crippen LogP) is 1.55. The van der Waals surface area contributed by atoms with E-state index in [-0.39, 0.29) is 43.4 Å². The van der Waals surface area contributed by atoms with Crippen LogP contribution in [0.2, 0.25) is 0 Å². The summed E-state index contributed by atoms with van der Waals surface area (Å²) in [6.45, 7) is 4.35. The summed E-state index contributed by atoms with van der Waals surface area (Å²) in [7, 11) is 1.58. The molecule has 0 heterocycles. The van der Waals surface area contributed by atoms with Gasteiger partial charge in [-0.2, -0.15) is 0 Å². The van der Waals surface area contributed by atoms with Gasteiger partial charge in [0.25, 0.3) is 0 Å². The predicted molar refractivity (Wildman–Crippen MR) is 99.3 cm³/mol. The molecule has 2 amide bonds. The number of carbonyl (C=O) groups is 2. The number of hydrogen-bond donors (Lipinski definition) is 3. The van der Waals surface area contributed by atoms with E-state index in [4.69, 9.17) is 15.2 Å². The number of methoxy groups -OCH3 is 1. The van der Waals surface area contributed by atoms with E-state index in [2.05, 4.69) is 17.6 Å². The molecule has 4 N–H and O–H groups in total. The van der Waals surface area contributed by atoms with Crippen molar-refractivity contribution in [3.8, 4) is 11.5 Å². The Morgan fingerprint density at radius 2 is 1.96 bits per heavy atom. The average Bonchev–Trinajstić information content (AvgIpc) is 2.59. The lowest BCUT2D eigenvalue weighted by molar-refractivity contribution is -0.125. The lowest BCUT2D eigenvalue weighted by atomic mass is 10.1. The third-order valence-electron chi connectivity index (χ3n) is 3.45. The monoisotopic (exact) mass is 373 g/mol. The van der Waals surface area contributed by atoms with Gasteiger partial charge in [-0.1, -0.05) is 19.4 Å². The van der Waals surface area contributed by atoms with Crippen LogP contribution in [0, 0.1) is 0 Å². The molecular formula is C17H28ClN3O4. The Morgan fingerprint density at radius 3 is 2.56 bits per heavy atom. The molecule has 1 aromatic carbocycles. The van der Waals surface area contributed by atoms with Crippen molar-refractivity contribution < 1.29 is 19.1 Å². The van der Waals surface area contributed by atoms with E-state index in [1.165, 1.54) is 0 Å². The molecule has 142 valence electrons. The fourth-order valence-electron chi connectivity index (χ4n) is 2.03. The highest BCUT2D eigenvalue weighted by Gasteiger charge is 2.13. The second kappa shape index (κ2) is 12.4. The Morgan fingerprint density at radius 1 is 1.24 bits per heavy atom. The van der Waals surface area contributed by atoms with E-state index in [0.29, 0.717) is 18.1 Å². The number of nitrogens with two attached hydrogens (primary N) is 1. The zero-order valence-electron chi connectivity index (χ0n) is 15.0. The molecule has 0 saturated carbocycles. The summed E-state index contributed by atoms with van der Waals surface area (Å²) in [6, 6.07) is 5.33. The number of nitrogens with one attached hydrogen (secondary N) is 2. The Balaban J connectivity index is 0.00000576. The normalized spacial score (nSPS) is 11.0. The van der Waals surface area contributed by atoms with E-state index >= 15 is 0 Å². The summed E-state index contributed by atoms with van der Waals surface area (Å²) in [4.78, 5) is 22.9. The van der Waals surface area contributed by atoms with Gasteiger partial charge in [-0.3, -0.25) is 9.59 Å². The molecule has 1 unspecified atom stereocenters. The van der Waals surface area contributed by atoms with E-state index < -0.39 is 0 Å². The third kappa shape index (κ3) is 8.09. The number of ether oxygens (including phenoxy) is 2. The van der Waals surface area contributed by atoms with Gasteiger partial charge in [-0.25, -0.2) is 0 Å². The number of rotatable bonds is 10. The first kappa shape index (κ1) is 23.0. The van der Waals surface area contributed by atoms with E-state index in [1.54, 1.807) is 7.11 Å². The van der Waals surface area contributed by atoms with Crippen molar-refractivity contribution in [1.82, 2.24) is 10.6 Å². The molecule has 0 aromatic heterocycles. The molecule has 0 aliphatic rings. The highest BCUT2D eigenvalue weighted by molar-refractivity contribution is 5.85. The number of halogens is 1. The number of hydrogen-bond acceptors (Lipinski definition) is 5. The summed E-state index contributed by atoms with van der Waals surface area (Å²) in [6.07, 6.45) is 2.04. The molecule has 0 aliphatic carbocycles. The molecule has 1 aromatic rings. The lowest BCUT2D eigenvalue weighted by Gasteiger charge is -2.17. The fraction of sp³-hybridized carbons (Fsp3) is 0.529. The van der Waals surface area contributed by atoms with Gasteiger partial charge in [0.2, 0.25) is 11.8 Å². The average molecular weight is 374 g/mol. The van der Waals surface area contributed by atoms with Crippen molar-refractivity contribution in [2.24, 2.45) is 5.73 Å². The van der Waals surface area contributed by atoms with Gasteiger partial charge in [-0.15, -0.1) is 12.4 Å². The fourth-order valence-corrected chi connectivity index (χ4v) is 2.03. The maximum absolute atomic E-state index is 11.8. The van der Waals surface area contributed by atoms with E-state index in [9.17, 15) is 9.59 Å². The number of carbonyl (C=O) groups excluding carboxylic acids is 2. The minimum atomic E-state index is -0.368. The van der Waals surface area contributed by atoms with Crippen molar-refractivity contribution in [3.63, 3.8) is 0 Å². The first-order chi connectivity index (χ1) is 11.5. The second-order valence-electron chi connectivity index (χ2n) is 5.38. The molecule has 1 atom stereocenters. The third-order valence-corrected chi connectivity index (χ3v) is 3.45. The summed E-state index contributed by atoms with van der Waals surface area (Å²) in [5.41, 5.74) is 6.05. The maximum atomic E-state index is 11.8. The van der Waals surface area contributed by atoms with Crippen LogP contribution in [0.3, 0.4) is 0 Å². The molecule has 0 aliphatic heterocycles.